The summed E-state index contributed by atoms with van der Waals surface area (Å²) < 4.78 is 11.1. The molecule has 2 aliphatic rings. The lowest BCUT2D eigenvalue weighted by Gasteiger charge is -2.26. The van der Waals surface area contributed by atoms with Crippen LogP contribution in [0.4, 0.5) is 0 Å². The Morgan fingerprint density at radius 3 is 2.40 bits per heavy atom. The first-order valence-corrected chi connectivity index (χ1v) is 5.96. The largest absolute Gasteiger partial charge is 0.491 e. The summed E-state index contributed by atoms with van der Waals surface area (Å²) in [6.07, 6.45) is 4.29. The van der Waals surface area contributed by atoms with Crippen LogP contribution in [0.15, 0.2) is 23.2 Å². The van der Waals surface area contributed by atoms with Crippen molar-refractivity contribution in [2.45, 2.75) is 40.5 Å². The minimum absolute atomic E-state index is 0.625. The molecule has 1 heterocycles. The Morgan fingerprint density at radius 1 is 1.07 bits per heavy atom. The van der Waals surface area contributed by atoms with Crippen LogP contribution < -0.4 is 0 Å². The summed E-state index contributed by atoms with van der Waals surface area (Å²) in [7, 11) is 0. The molecule has 0 aromatic rings. The zero-order valence-corrected chi connectivity index (χ0v) is 10.3. The van der Waals surface area contributed by atoms with Gasteiger partial charge in [-0.05, 0) is 18.4 Å². The summed E-state index contributed by atoms with van der Waals surface area (Å²) in [4.78, 5) is 0. The molecule has 0 radical (unpaired) electrons. The monoisotopic (exact) mass is 210 g/mol. The van der Waals surface area contributed by atoms with Crippen molar-refractivity contribution < 1.29 is 9.47 Å². The third kappa shape index (κ3) is 3.01. The summed E-state index contributed by atoms with van der Waals surface area (Å²) >= 11 is 0. The van der Waals surface area contributed by atoms with Gasteiger partial charge in [0.15, 0.2) is 5.76 Å². The molecule has 2 rings (SSSR count). The predicted octanol–water partition coefficient (Wildman–Crippen LogP) is 3.65. The van der Waals surface area contributed by atoms with E-state index >= 15 is 0 Å². The van der Waals surface area contributed by atoms with E-state index in [9.17, 15) is 0 Å². The average molecular weight is 210 g/mol. The second-order valence-corrected chi connectivity index (χ2v) is 3.86. The quantitative estimate of drug-likeness (QED) is 0.657. The van der Waals surface area contributed by atoms with Gasteiger partial charge in [-0.1, -0.05) is 33.3 Å². The van der Waals surface area contributed by atoms with Gasteiger partial charge in [-0.25, -0.2) is 0 Å². The lowest BCUT2D eigenvalue weighted by atomic mass is 9.93. The SMILES string of the molecule is CC.CC(C)C1=CC2=C(CC1)OCCO2. The average Bonchev–Trinajstić information content (AvgIpc) is 2.31. The van der Waals surface area contributed by atoms with E-state index in [1.807, 2.05) is 13.8 Å². The number of hydrogen-bond donors (Lipinski definition) is 0. The Balaban J connectivity index is 0.000000531. The van der Waals surface area contributed by atoms with Gasteiger partial charge in [0.2, 0.25) is 0 Å². The van der Waals surface area contributed by atoms with Crippen molar-refractivity contribution >= 4 is 0 Å². The van der Waals surface area contributed by atoms with Gasteiger partial charge in [-0.2, -0.15) is 0 Å². The minimum atomic E-state index is 0.625. The molecule has 2 nitrogen and oxygen atoms in total. The molecule has 0 bridgehead atoms. The summed E-state index contributed by atoms with van der Waals surface area (Å²) in [6, 6.07) is 0. The van der Waals surface area contributed by atoms with E-state index in [2.05, 4.69) is 19.9 Å². The summed E-state index contributed by atoms with van der Waals surface area (Å²) in [5, 5.41) is 0. The van der Waals surface area contributed by atoms with Crippen molar-refractivity contribution in [2.24, 2.45) is 5.92 Å². The highest BCUT2D eigenvalue weighted by atomic mass is 16.6. The van der Waals surface area contributed by atoms with Crippen LogP contribution in [0.2, 0.25) is 0 Å². The van der Waals surface area contributed by atoms with E-state index in [1.54, 1.807) is 0 Å². The van der Waals surface area contributed by atoms with Gasteiger partial charge in [0.1, 0.15) is 19.0 Å². The van der Waals surface area contributed by atoms with Gasteiger partial charge >= 0.3 is 0 Å². The van der Waals surface area contributed by atoms with Crippen molar-refractivity contribution in [2.75, 3.05) is 13.2 Å². The number of allylic oxidation sites excluding steroid dienone is 3. The van der Waals surface area contributed by atoms with Gasteiger partial charge in [0, 0.05) is 6.42 Å². The van der Waals surface area contributed by atoms with Crippen molar-refractivity contribution in [3.8, 4) is 0 Å². The molecule has 2 heteroatoms. The zero-order chi connectivity index (χ0) is 11.3. The van der Waals surface area contributed by atoms with Gasteiger partial charge < -0.3 is 9.47 Å². The van der Waals surface area contributed by atoms with Crippen molar-refractivity contribution in [3.63, 3.8) is 0 Å². The molecular formula is C13H22O2. The van der Waals surface area contributed by atoms with Gasteiger partial charge in [-0.15, -0.1) is 0 Å². The summed E-state index contributed by atoms with van der Waals surface area (Å²) in [5.74, 6) is 2.65. The van der Waals surface area contributed by atoms with E-state index in [4.69, 9.17) is 9.47 Å². The highest BCUT2D eigenvalue weighted by Crippen LogP contribution is 2.30. The van der Waals surface area contributed by atoms with Crippen LogP contribution in [0.1, 0.15) is 40.5 Å². The molecule has 0 fully saturated rings. The minimum Gasteiger partial charge on any atom is -0.491 e. The Bertz CT molecular complexity index is 262. The lowest BCUT2D eigenvalue weighted by Crippen LogP contribution is -2.16. The fourth-order valence-corrected chi connectivity index (χ4v) is 1.74. The topological polar surface area (TPSA) is 18.5 Å². The highest BCUT2D eigenvalue weighted by Gasteiger charge is 2.20. The Morgan fingerprint density at radius 2 is 1.73 bits per heavy atom. The zero-order valence-electron chi connectivity index (χ0n) is 10.3. The summed E-state index contributed by atoms with van der Waals surface area (Å²) in [6.45, 7) is 9.85. The Kier molecular flexibility index (Phi) is 4.73. The molecular weight excluding hydrogens is 188 g/mol. The van der Waals surface area contributed by atoms with Crippen LogP contribution in [0.3, 0.4) is 0 Å². The van der Waals surface area contributed by atoms with Crippen LogP contribution >= 0.6 is 0 Å². The molecule has 86 valence electrons. The second kappa shape index (κ2) is 5.84. The lowest BCUT2D eigenvalue weighted by molar-refractivity contribution is 0.0620. The second-order valence-electron chi connectivity index (χ2n) is 3.86. The smallest absolute Gasteiger partial charge is 0.157 e. The van der Waals surface area contributed by atoms with E-state index in [0.29, 0.717) is 19.1 Å². The Labute approximate surface area is 93.0 Å². The first-order chi connectivity index (χ1) is 7.27. The fraction of sp³-hybridized carbons (Fsp3) is 0.692. The highest BCUT2D eigenvalue weighted by molar-refractivity contribution is 5.28. The first-order valence-electron chi connectivity index (χ1n) is 5.96. The van der Waals surface area contributed by atoms with Crippen LogP contribution in [-0.4, -0.2) is 13.2 Å². The van der Waals surface area contributed by atoms with Gasteiger partial charge in [0.25, 0.3) is 0 Å². The third-order valence-electron chi connectivity index (χ3n) is 2.59. The van der Waals surface area contributed by atoms with Crippen LogP contribution in [-0.2, 0) is 9.47 Å². The molecule has 0 saturated carbocycles. The molecule has 0 spiro atoms. The molecule has 0 saturated heterocycles. The normalized spacial score (nSPS) is 19.4. The molecule has 0 N–H and O–H groups in total. The van der Waals surface area contributed by atoms with E-state index in [-0.39, 0.29) is 0 Å². The van der Waals surface area contributed by atoms with Crippen LogP contribution in [0.25, 0.3) is 0 Å². The standard InChI is InChI=1S/C11H16O2.C2H6/c1-8(2)9-3-4-10-11(7-9)13-6-5-12-10;1-2/h7-8H,3-6H2,1-2H3;1-2H3. The summed E-state index contributed by atoms with van der Waals surface area (Å²) in [5.41, 5.74) is 1.48. The molecule has 1 aliphatic carbocycles. The van der Waals surface area contributed by atoms with Crippen LogP contribution in [0, 0.1) is 5.92 Å². The maximum absolute atomic E-state index is 5.54. The molecule has 1 aliphatic heterocycles. The number of ether oxygens (including phenoxy) is 2. The van der Waals surface area contributed by atoms with E-state index < -0.39 is 0 Å². The number of hydrogen-bond acceptors (Lipinski definition) is 2. The van der Waals surface area contributed by atoms with Crippen LogP contribution in [0.5, 0.6) is 0 Å². The van der Waals surface area contributed by atoms with E-state index in [0.717, 1.165) is 24.4 Å². The molecule has 0 unspecified atom stereocenters. The number of rotatable bonds is 1. The van der Waals surface area contributed by atoms with Crippen molar-refractivity contribution in [1.82, 2.24) is 0 Å². The first kappa shape index (κ1) is 12.2. The fourth-order valence-electron chi connectivity index (χ4n) is 1.74. The van der Waals surface area contributed by atoms with Gasteiger partial charge in [-0.3, -0.25) is 0 Å². The molecule has 0 aromatic heterocycles. The maximum atomic E-state index is 5.54. The van der Waals surface area contributed by atoms with Gasteiger partial charge in [0.05, 0.1) is 0 Å². The van der Waals surface area contributed by atoms with Crippen molar-refractivity contribution in [1.29, 1.82) is 0 Å². The molecule has 0 aromatic carbocycles. The molecule has 0 atom stereocenters. The predicted molar refractivity (Wildman–Crippen MR) is 62.4 cm³/mol. The van der Waals surface area contributed by atoms with Crippen molar-refractivity contribution in [3.05, 3.63) is 23.2 Å². The Hall–Kier alpha value is -0.920. The molecule has 15 heavy (non-hydrogen) atoms. The molecule has 0 amide bonds. The third-order valence-corrected chi connectivity index (χ3v) is 2.59. The van der Waals surface area contributed by atoms with E-state index in [1.165, 1.54) is 5.57 Å². The maximum Gasteiger partial charge on any atom is 0.157 e.